The monoisotopic (exact) mass is 537 g/mol. The first kappa shape index (κ1) is 31.5. The van der Waals surface area contributed by atoms with E-state index in [4.69, 9.17) is 24.1 Å². The Balaban J connectivity index is 0.00000260. The van der Waals surface area contributed by atoms with E-state index in [1.807, 2.05) is 51.1 Å². The average Bonchev–Trinajstić information content (AvgIpc) is 3.40. The molecule has 2 aromatic rings. The van der Waals surface area contributed by atoms with Gasteiger partial charge in [-0.05, 0) is 48.7 Å². The van der Waals surface area contributed by atoms with Crippen LogP contribution in [0.4, 0.5) is 0 Å². The molecule has 1 aliphatic rings. The predicted octanol–water partition coefficient (Wildman–Crippen LogP) is 6.80. The number of carbonyl (C=O) groups is 1. The van der Waals surface area contributed by atoms with Crippen molar-refractivity contribution in [2.75, 3.05) is 20.3 Å². The van der Waals surface area contributed by atoms with E-state index in [1.54, 1.807) is 13.2 Å². The van der Waals surface area contributed by atoms with Crippen LogP contribution < -0.4 is 10.1 Å². The smallest absolute Gasteiger partial charge is 0.329 e. The lowest BCUT2D eigenvalue weighted by atomic mass is 10.0. The highest BCUT2D eigenvalue weighted by Crippen LogP contribution is 2.33. The van der Waals surface area contributed by atoms with Crippen molar-refractivity contribution >= 4 is 17.4 Å². The molecule has 2 aromatic carbocycles. The molecule has 39 heavy (non-hydrogen) atoms. The zero-order chi connectivity index (χ0) is 28.6. The van der Waals surface area contributed by atoms with Gasteiger partial charge in [0.2, 0.25) is 6.23 Å². The van der Waals surface area contributed by atoms with Gasteiger partial charge < -0.3 is 29.4 Å². The molecule has 1 heterocycles. The van der Waals surface area contributed by atoms with Gasteiger partial charge in [0.25, 0.3) is 0 Å². The van der Waals surface area contributed by atoms with E-state index in [0.29, 0.717) is 19.4 Å². The summed E-state index contributed by atoms with van der Waals surface area (Å²) in [5.74, 6) is 1.33. The zero-order valence-corrected chi connectivity index (χ0v) is 23.9. The maximum absolute atomic E-state index is 10.8. The number of methoxy groups -OCH3 is 1. The highest BCUT2D eigenvalue weighted by Gasteiger charge is 2.28. The van der Waals surface area contributed by atoms with Crippen molar-refractivity contribution in [3.8, 4) is 5.75 Å². The summed E-state index contributed by atoms with van der Waals surface area (Å²) in [7, 11) is 1.65. The number of allylic oxidation sites excluding steroid dienone is 1. The molecular formula is C32H43NO6. The van der Waals surface area contributed by atoms with E-state index in [1.165, 1.54) is 5.56 Å². The summed E-state index contributed by atoms with van der Waals surface area (Å²) in [5, 5.41) is 12.3. The largest absolute Gasteiger partial charge is 0.497 e. The molecule has 7 heteroatoms. The van der Waals surface area contributed by atoms with Crippen molar-refractivity contribution in [1.29, 1.82) is 0 Å². The Kier molecular flexibility index (Phi) is 13.7. The standard InChI is InChI=1S/C30H37NO6.C2H6/c1-5-8-21-9-11-23(12-10-21)30-29(22-13-15-26(34-4)16-14-22)31-27(37-30)19-35-24(6-2)17-18-25(7-3)36-20-28(32)33;1-2/h7,9-17,25,27,31H,3,5-6,8,18-20H2,1-2,4H3,(H,32,33);1-2H3/b24-17+;. The van der Waals surface area contributed by atoms with E-state index in [-0.39, 0.29) is 12.8 Å². The molecule has 0 amide bonds. The molecule has 7 nitrogen and oxygen atoms in total. The second-order valence-electron chi connectivity index (χ2n) is 8.68. The van der Waals surface area contributed by atoms with Crippen molar-refractivity contribution in [2.45, 2.75) is 65.7 Å². The fraction of sp³-hybridized carbons (Fsp3) is 0.406. The molecule has 3 rings (SSSR count). The Bertz CT molecular complexity index is 1090. The number of ether oxygens (including phenoxy) is 4. The number of aliphatic carboxylic acids is 1. The van der Waals surface area contributed by atoms with Gasteiger partial charge in [-0.1, -0.05) is 64.5 Å². The number of rotatable bonds is 15. The van der Waals surface area contributed by atoms with Crippen molar-refractivity contribution in [1.82, 2.24) is 5.32 Å². The van der Waals surface area contributed by atoms with Crippen molar-refractivity contribution in [3.63, 3.8) is 0 Å². The number of hydrogen-bond acceptors (Lipinski definition) is 6. The minimum atomic E-state index is -1.01. The van der Waals surface area contributed by atoms with Gasteiger partial charge in [-0.3, -0.25) is 0 Å². The first-order valence-electron chi connectivity index (χ1n) is 13.7. The topological polar surface area (TPSA) is 86.3 Å². The first-order chi connectivity index (χ1) is 19.0. The van der Waals surface area contributed by atoms with Crippen LogP contribution in [0.15, 0.2) is 73.0 Å². The molecule has 0 saturated heterocycles. The minimum absolute atomic E-state index is 0.297. The molecule has 2 unspecified atom stereocenters. The quantitative estimate of drug-likeness (QED) is 0.191. The van der Waals surface area contributed by atoms with E-state index in [9.17, 15) is 4.79 Å². The lowest BCUT2D eigenvalue weighted by molar-refractivity contribution is -0.143. The summed E-state index contributed by atoms with van der Waals surface area (Å²) in [5.41, 5.74) is 4.19. The Labute approximate surface area is 233 Å². The van der Waals surface area contributed by atoms with Crippen LogP contribution in [-0.4, -0.2) is 43.7 Å². The molecule has 212 valence electrons. The Morgan fingerprint density at radius 2 is 1.77 bits per heavy atom. The third-order valence-electron chi connectivity index (χ3n) is 5.96. The van der Waals surface area contributed by atoms with E-state index in [2.05, 4.69) is 43.1 Å². The summed E-state index contributed by atoms with van der Waals surface area (Å²) in [6.45, 7) is 11.8. The van der Waals surface area contributed by atoms with Crippen LogP contribution in [-0.2, 0) is 25.4 Å². The van der Waals surface area contributed by atoms with Crippen molar-refractivity contribution in [2.24, 2.45) is 0 Å². The van der Waals surface area contributed by atoms with Crippen LogP contribution in [0.1, 0.15) is 63.6 Å². The number of aryl methyl sites for hydroxylation is 1. The fourth-order valence-corrected chi connectivity index (χ4v) is 3.98. The van der Waals surface area contributed by atoms with Gasteiger partial charge in [0, 0.05) is 17.5 Å². The summed E-state index contributed by atoms with van der Waals surface area (Å²) < 4.78 is 23.1. The van der Waals surface area contributed by atoms with E-state index in [0.717, 1.165) is 46.9 Å². The Hall–Kier alpha value is -3.71. The molecule has 0 spiro atoms. The van der Waals surface area contributed by atoms with Gasteiger partial charge in [-0.2, -0.15) is 0 Å². The van der Waals surface area contributed by atoms with Crippen molar-refractivity contribution < 1.29 is 28.8 Å². The SMILES string of the molecule is C=CC(C/C=C(\CC)OCC1NC(c2ccc(OC)cc2)=C(c2ccc(CCC)cc2)O1)OCC(=O)O.CC. The number of carboxylic acid groups (broad SMARTS) is 1. The van der Waals surface area contributed by atoms with E-state index < -0.39 is 12.1 Å². The number of hydrogen-bond donors (Lipinski definition) is 2. The minimum Gasteiger partial charge on any atom is -0.497 e. The highest BCUT2D eigenvalue weighted by atomic mass is 16.6. The lowest BCUT2D eigenvalue weighted by Crippen LogP contribution is -2.28. The van der Waals surface area contributed by atoms with Gasteiger partial charge in [0.05, 0.1) is 24.7 Å². The summed E-state index contributed by atoms with van der Waals surface area (Å²) in [6.07, 6.45) is 6.03. The van der Waals surface area contributed by atoms with Crippen LogP contribution in [0.25, 0.3) is 11.5 Å². The predicted molar refractivity (Wildman–Crippen MR) is 156 cm³/mol. The van der Waals surface area contributed by atoms with Crippen LogP contribution in [0, 0.1) is 0 Å². The molecule has 0 fully saturated rings. The number of benzene rings is 2. The lowest BCUT2D eigenvalue weighted by Gasteiger charge is -2.17. The second-order valence-corrected chi connectivity index (χ2v) is 8.68. The molecule has 2 N–H and O–H groups in total. The van der Waals surface area contributed by atoms with Gasteiger partial charge in [-0.25, -0.2) is 4.79 Å². The zero-order valence-electron chi connectivity index (χ0n) is 23.9. The van der Waals surface area contributed by atoms with Gasteiger partial charge >= 0.3 is 5.97 Å². The molecular weight excluding hydrogens is 494 g/mol. The number of carboxylic acids is 1. The van der Waals surface area contributed by atoms with Crippen LogP contribution in [0.2, 0.25) is 0 Å². The van der Waals surface area contributed by atoms with Crippen LogP contribution in [0.5, 0.6) is 5.75 Å². The van der Waals surface area contributed by atoms with Crippen molar-refractivity contribution in [3.05, 3.63) is 89.7 Å². The van der Waals surface area contributed by atoms with Crippen LogP contribution >= 0.6 is 0 Å². The molecule has 0 aliphatic carbocycles. The highest BCUT2D eigenvalue weighted by molar-refractivity contribution is 5.88. The van der Waals surface area contributed by atoms with Crippen LogP contribution in [0.3, 0.4) is 0 Å². The third-order valence-corrected chi connectivity index (χ3v) is 5.96. The normalized spacial score (nSPS) is 15.4. The number of nitrogens with one attached hydrogen (secondary N) is 1. The van der Waals surface area contributed by atoms with Gasteiger partial charge in [-0.15, -0.1) is 6.58 Å². The average molecular weight is 538 g/mol. The molecule has 0 bridgehead atoms. The Morgan fingerprint density at radius 1 is 1.10 bits per heavy atom. The van der Waals surface area contributed by atoms with Gasteiger partial charge in [0.15, 0.2) is 5.76 Å². The molecule has 0 aromatic heterocycles. The summed E-state index contributed by atoms with van der Waals surface area (Å²) in [4.78, 5) is 10.8. The Morgan fingerprint density at radius 3 is 2.33 bits per heavy atom. The molecule has 1 aliphatic heterocycles. The third kappa shape index (κ3) is 9.84. The maximum atomic E-state index is 10.8. The van der Waals surface area contributed by atoms with Gasteiger partial charge in [0.1, 0.15) is 19.0 Å². The molecule has 2 atom stereocenters. The maximum Gasteiger partial charge on any atom is 0.329 e. The molecule has 0 saturated carbocycles. The van der Waals surface area contributed by atoms with E-state index >= 15 is 0 Å². The summed E-state index contributed by atoms with van der Waals surface area (Å²) in [6, 6.07) is 16.3. The fourth-order valence-electron chi connectivity index (χ4n) is 3.98. The summed E-state index contributed by atoms with van der Waals surface area (Å²) >= 11 is 0. The second kappa shape index (κ2) is 17.0. The molecule has 0 radical (unpaired) electrons. The first-order valence-corrected chi connectivity index (χ1v) is 13.7.